The second-order valence-corrected chi connectivity index (χ2v) is 4.16. The Kier molecular flexibility index (Phi) is 4.23. The maximum atomic E-state index is 13.4. The molecule has 0 aliphatic heterocycles. The van der Waals surface area contributed by atoms with Gasteiger partial charge in [0.2, 0.25) is 0 Å². The first-order valence-corrected chi connectivity index (χ1v) is 5.78. The number of aliphatic hydroxyl groups is 1. The molecule has 0 saturated carbocycles. The quantitative estimate of drug-likeness (QED) is 0.520. The van der Waals surface area contributed by atoms with Gasteiger partial charge in [0.15, 0.2) is 23.3 Å². The van der Waals surface area contributed by atoms with Crippen molar-refractivity contribution in [3.05, 3.63) is 64.7 Å². The van der Waals surface area contributed by atoms with Crippen molar-refractivity contribution in [1.29, 1.82) is 0 Å². The highest BCUT2D eigenvalue weighted by molar-refractivity contribution is 6.04. The molecule has 2 aromatic rings. The lowest BCUT2D eigenvalue weighted by molar-refractivity contribution is 0.102. The van der Waals surface area contributed by atoms with Crippen molar-refractivity contribution in [2.75, 3.05) is 5.32 Å². The third kappa shape index (κ3) is 3.03. The normalized spacial score (nSPS) is 10.5. The Bertz CT molecular complexity index is 686. The first kappa shape index (κ1) is 15.0. The molecule has 2 rings (SSSR count). The fourth-order valence-electron chi connectivity index (χ4n) is 1.63. The van der Waals surface area contributed by atoms with E-state index in [1.54, 1.807) is 0 Å². The summed E-state index contributed by atoms with van der Waals surface area (Å²) < 4.78 is 52.3. The highest BCUT2D eigenvalue weighted by Gasteiger charge is 2.23. The van der Waals surface area contributed by atoms with Crippen LogP contribution >= 0.6 is 0 Å². The Morgan fingerprint density at radius 1 is 1.00 bits per heavy atom. The monoisotopic (exact) mass is 299 g/mol. The molecule has 1 amide bonds. The maximum Gasteiger partial charge on any atom is 0.258 e. The van der Waals surface area contributed by atoms with E-state index in [-0.39, 0.29) is 18.4 Å². The lowest BCUT2D eigenvalue weighted by atomic mass is 10.1. The summed E-state index contributed by atoms with van der Waals surface area (Å²) in [6.07, 6.45) is 0. The van der Waals surface area contributed by atoms with Crippen LogP contribution in [-0.2, 0) is 6.61 Å². The SMILES string of the molecule is O=C(Nc1ccc(CO)cc1)c1cc(F)c(F)c(F)c1F. The Balaban J connectivity index is 2.28. The first-order valence-electron chi connectivity index (χ1n) is 5.78. The van der Waals surface area contributed by atoms with Gasteiger partial charge in [-0.25, -0.2) is 17.6 Å². The molecule has 2 N–H and O–H groups in total. The highest BCUT2D eigenvalue weighted by Crippen LogP contribution is 2.20. The predicted molar refractivity (Wildman–Crippen MR) is 66.6 cm³/mol. The molecule has 0 spiro atoms. The molecule has 7 heteroatoms. The standard InChI is InChI=1S/C14H9F4NO2/c15-10-5-9(11(16)13(18)12(10)17)14(21)19-8-3-1-7(6-20)2-4-8/h1-5,20H,6H2,(H,19,21). The van der Waals surface area contributed by atoms with Crippen LogP contribution in [0.25, 0.3) is 0 Å². The number of benzene rings is 2. The minimum atomic E-state index is -2.05. The number of carbonyl (C=O) groups excluding carboxylic acids is 1. The summed E-state index contributed by atoms with van der Waals surface area (Å²) in [6.45, 7) is -0.197. The van der Waals surface area contributed by atoms with Crippen LogP contribution < -0.4 is 5.32 Å². The van der Waals surface area contributed by atoms with Gasteiger partial charge in [-0.15, -0.1) is 0 Å². The van der Waals surface area contributed by atoms with Crippen molar-refractivity contribution in [3.8, 4) is 0 Å². The number of nitrogens with one attached hydrogen (secondary N) is 1. The summed E-state index contributed by atoms with van der Waals surface area (Å²) in [5.41, 5.74) is -0.141. The van der Waals surface area contributed by atoms with E-state index in [0.29, 0.717) is 5.56 Å². The van der Waals surface area contributed by atoms with Crippen molar-refractivity contribution in [3.63, 3.8) is 0 Å². The van der Waals surface area contributed by atoms with Gasteiger partial charge in [-0.3, -0.25) is 4.79 Å². The first-order chi connectivity index (χ1) is 9.93. The van der Waals surface area contributed by atoms with E-state index in [1.807, 2.05) is 0 Å². The summed E-state index contributed by atoms with van der Waals surface area (Å²) in [4.78, 5) is 11.7. The summed E-state index contributed by atoms with van der Waals surface area (Å²) >= 11 is 0. The molecule has 0 radical (unpaired) electrons. The molecule has 2 aromatic carbocycles. The van der Waals surface area contributed by atoms with Gasteiger partial charge in [0.1, 0.15) is 0 Å². The molecule has 0 aliphatic carbocycles. The summed E-state index contributed by atoms with van der Waals surface area (Å²) in [6, 6.07) is 6.11. The molecule has 110 valence electrons. The Hall–Kier alpha value is -2.41. The largest absolute Gasteiger partial charge is 0.392 e. The van der Waals surface area contributed by atoms with E-state index in [0.717, 1.165) is 0 Å². The zero-order chi connectivity index (χ0) is 15.6. The van der Waals surface area contributed by atoms with E-state index in [4.69, 9.17) is 5.11 Å². The van der Waals surface area contributed by atoms with Gasteiger partial charge < -0.3 is 10.4 Å². The molecule has 0 aromatic heterocycles. The van der Waals surface area contributed by atoms with Crippen LogP contribution in [-0.4, -0.2) is 11.0 Å². The number of rotatable bonds is 3. The zero-order valence-electron chi connectivity index (χ0n) is 10.5. The average molecular weight is 299 g/mol. The van der Waals surface area contributed by atoms with E-state index in [1.165, 1.54) is 24.3 Å². The predicted octanol–water partition coefficient (Wildman–Crippen LogP) is 2.99. The molecule has 0 unspecified atom stereocenters. The molecule has 0 aliphatic rings. The lowest BCUT2D eigenvalue weighted by Crippen LogP contribution is -2.16. The molecular formula is C14H9F4NO2. The smallest absolute Gasteiger partial charge is 0.258 e. The van der Waals surface area contributed by atoms with Crippen LogP contribution in [0.2, 0.25) is 0 Å². The van der Waals surface area contributed by atoms with Crippen molar-refractivity contribution >= 4 is 11.6 Å². The lowest BCUT2D eigenvalue weighted by Gasteiger charge is -2.08. The fourth-order valence-corrected chi connectivity index (χ4v) is 1.63. The summed E-state index contributed by atoms with van der Waals surface area (Å²) in [5.74, 6) is -8.57. The molecule has 3 nitrogen and oxygen atoms in total. The molecule has 0 atom stereocenters. The van der Waals surface area contributed by atoms with Crippen LogP contribution in [0.5, 0.6) is 0 Å². The molecular weight excluding hydrogens is 290 g/mol. The third-order valence-corrected chi connectivity index (χ3v) is 2.74. The topological polar surface area (TPSA) is 49.3 Å². The minimum absolute atomic E-state index is 0.197. The van der Waals surface area contributed by atoms with Gasteiger partial charge in [0, 0.05) is 5.69 Å². The van der Waals surface area contributed by atoms with E-state index in [2.05, 4.69) is 5.32 Å². The third-order valence-electron chi connectivity index (χ3n) is 2.74. The van der Waals surface area contributed by atoms with Gasteiger partial charge >= 0.3 is 0 Å². The van der Waals surface area contributed by atoms with Crippen LogP contribution in [0.4, 0.5) is 23.2 Å². The zero-order valence-corrected chi connectivity index (χ0v) is 10.5. The molecule has 0 fully saturated rings. The Morgan fingerprint density at radius 3 is 2.19 bits per heavy atom. The van der Waals surface area contributed by atoms with Crippen LogP contribution in [0.1, 0.15) is 15.9 Å². The number of hydrogen-bond acceptors (Lipinski definition) is 2. The Labute approximate surface area is 116 Å². The van der Waals surface area contributed by atoms with Gasteiger partial charge in [0.25, 0.3) is 5.91 Å². The number of carbonyl (C=O) groups is 1. The van der Waals surface area contributed by atoms with Crippen molar-refractivity contribution in [1.82, 2.24) is 0 Å². The number of hydrogen-bond donors (Lipinski definition) is 2. The number of amides is 1. The number of aliphatic hydroxyl groups excluding tert-OH is 1. The number of anilines is 1. The average Bonchev–Trinajstić information content (AvgIpc) is 2.49. The van der Waals surface area contributed by atoms with Crippen molar-refractivity contribution in [2.45, 2.75) is 6.61 Å². The van der Waals surface area contributed by atoms with Gasteiger partial charge in [0.05, 0.1) is 12.2 Å². The molecule has 0 bridgehead atoms. The summed E-state index contributed by atoms with van der Waals surface area (Å²) in [7, 11) is 0. The maximum absolute atomic E-state index is 13.4. The fraction of sp³-hybridized carbons (Fsp3) is 0.0714. The van der Waals surface area contributed by atoms with Crippen molar-refractivity contribution < 1.29 is 27.5 Å². The van der Waals surface area contributed by atoms with E-state index >= 15 is 0 Å². The summed E-state index contributed by atoms with van der Waals surface area (Å²) in [5, 5.41) is 11.1. The van der Waals surface area contributed by atoms with E-state index in [9.17, 15) is 22.4 Å². The second kappa shape index (κ2) is 5.92. The van der Waals surface area contributed by atoms with Gasteiger partial charge in [-0.2, -0.15) is 0 Å². The van der Waals surface area contributed by atoms with Gasteiger partial charge in [-0.05, 0) is 23.8 Å². The van der Waals surface area contributed by atoms with Crippen molar-refractivity contribution in [2.24, 2.45) is 0 Å². The Morgan fingerprint density at radius 2 is 1.62 bits per heavy atom. The number of halogens is 4. The van der Waals surface area contributed by atoms with Gasteiger partial charge in [-0.1, -0.05) is 12.1 Å². The molecule has 0 heterocycles. The molecule has 21 heavy (non-hydrogen) atoms. The van der Waals surface area contributed by atoms with Crippen LogP contribution in [0.3, 0.4) is 0 Å². The van der Waals surface area contributed by atoms with Crippen LogP contribution in [0.15, 0.2) is 30.3 Å². The van der Waals surface area contributed by atoms with Crippen LogP contribution in [0, 0.1) is 23.3 Å². The van der Waals surface area contributed by atoms with E-state index < -0.39 is 34.7 Å². The highest BCUT2D eigenvalue weighted by atomic mass is 19.2. The molecule has 0 saturated heterocycles. The minimum Gasteiger partial charge on any atom is -0.392 e. The second-order valence-electron chi connectivity index (χ2n) is 4.16.